The van der Waals surface area contributed by atoms with Crippen LogP contribution >= 0.6 is 0 Å². The number of nitrogens with zero attached hydrogens (tertiary/aromatic N) is 2. The molecule has 2 rings (SSSR count). The molecule has 1 heterocycles. The summed E-state index contributed by atoms with van der Waals surface area (Å²) >= 11 is 0. The molecule has 2 aromatic rings. The van der Waals surface area contributed by atoms with Gasteiger partial charge in [0.2, 0.25) is 0 Å². The van der Waals surface area contributed by atoms with Gasteiger partial charge in [0, 0.05) is 12.6 Å². The maximum absolute atomic E-state index is 10.2. The number of hydrogen-bond acceptors (Lipinski definition) is 2. The number of aryl methyl sites for hydroxylation is 4. The number of benzene rings is 1. The Bertz CT molecular complexity index is 671. The molecule has 1 aromatic carbocycles. The highest BCUT2D eigenvalue weighted by Gasteiger charge is 2.17. The van der Waals surface area contributed by atoms with Crippen molar-refractivity contribution >= 4 is 0 Å². The second-order valence-electron chi connectivity index (χ2n) is 6.43. The lowest BCUT2D eigenvalue weighted by atomic mass is 9.88. The van der Waals surface area contributed by atoms with Crippen molar-refractivity contribution in [1.82, 2.24) is 9.78 Å². The highest BCUT2D eigenvalue weighted by Crippen LogP contribution is 2.32. The van der Waals surface area contributed by atoms with Crippen molar-refractivity contribution in [2.24, 2.45) is 7.05 Å². The van der Waals surface area contributed by atoms with E-state index in [1.165, 1.54) is 27.8 Å². The molecule has 0 radical (unpaired) electrons. The predicted octanol–water partition coefficient (Wildman–Crippen LogP) is 4.02. The Morgan fingerprint density at radius 1 is 1.14 bits per heavy atom. The van der Waals surface area contributed by atoms with Crippen molar-refractivity contribution in [3.63, 3.8) is 0 Å². The van der Waals surface area contributed by atoms with Crippen LogP contribution in [0.5, 0.6) is 0 Å². The summed E-state index contributed by atoms with van der Waals surface area (Å²) in [5.74, 6) is 0. The van der Waals surface area contributed by atoms with Crippen LogP contribution in [0.25, 0.3) is 11.3 Å². The van der Waals surface area contributed by atoms with E-state index in [2.05, 4.69) is 44.9 Å². The molecule has 0 spiro atoms. The normalized spacial score (nSPS) is 12.7. The Labute approximate surface area is 134 Å². The standard InChI is InChI=1S/C19H28N2O/c1-7-8-16(22)11-17-12(2)9-13(3)19(15(17)5)18-10-14(4)20-21(18)6/h9-10,16,22H,7-8,11H2,1-6H3. The SMILES string of the molecule is CCCC(O)Cc1c(C)cc(C)c(-c2cc(C)nn2C)c1C. The average Bonchev–Trinajstić information content (AvgIpc) is 2.74. The van der Waals surface area contributed by atoms with Gasteiger partial charge in [0.05, 0.1) is 17.5 Å². The van der Waals surface area contributed by atoms with E-state index in [0.29, 0.717) is 0 Å². The lowest BCUT2D eigenvalue weighted by Gasteiger charge is -2.19. The van der Waals surface area contributed by atoms with Crippen LogP contribution < -0.4 is 0 Å². The summed E-state index contributed by atoms with van der Waals surface area (Å²) in [6, 6.07) is 4.37. The van der Waals surface area contributed by atoms with Gasteiger partial charge in [-0.25, -0.2) is 0 Å². The Morgan fingerprint density at radius 3 is 2.36 bits per heavy atom. The van der Waals surface area contributed by atoms with Crippen LogP contribution in [-0.4, -0.2) is 21.0 Å². The zero-order chi connectivity index (χ0) is 16.4. The van der Waals surface area contributed by atoms with Crippen LogP contribution in [0.15, 0.2) is 12.1 Å². The maximum atomic E-state index is 10.2. The van der Waals surface area contributed by atoms with E-state index in [1.54, 1.807) is 0 Å². The highest BCUT2D eigenvalue weighted by atomic mass is 16.3. The molecule has 0 amide bonds. The molecule has 0 saturated heterocycles. The summed E-state index contributed by atoms with van der Waals surface area (Å²) in [6.07, 6.45) is 2.34. The molecule has 1 atom stereocenters. The predicted molar refractivity (Wildman–Crippen MR) is 92.2 cm³/mol. The summed E-state index contributed by atoms with van der Waals surface area (Å²) in [5.41, 5.74) is 8.53. The van der Waals surface area contributed by atoms with Gasteiger partial charge in [-0.15, -0.1) is 0 Å². The van der Waals surface area contributed by atoms with Gasteiger partial charge in [-0.1, -0.05) is 19.4 Å². The number of rotatable bonds is 5. The fourth-order valence-electron chi connectivity index (χ4n) is 3.45. The van der Waals surface area contributed by atoms with E-state index in [-0.39, 0.29) is 6.10 Å². The molecule has 0 aliphatic carbocycles. The van der Waals surface area contributed by atoms with Gasteiger partial charge >= 0.3 is 0 Å². The van der Waals surface area contributed by atoms with Crippen LogP contribution in [0.4, 0.5) is 0 Å². The minimum atomic E-state index is -0.258. The van der Waals surface area contributed by atoms with Crippen molar-refractivity contribution in [3.8, 4) is 11.3 Å². The third kappa shape index (κ3) is 3.25. The number of hydrogen-bond donors (Lipinski definition) is 1. The van der Waals surface area contributed by atoms with Crippen LogP contribution in [0.2, 0.25) is 0 Å². The van der Waals surface area contributed by atoms with E-state index >= 15 is 0 Å². The monoisotopic (exact) mass is 300 g/mol. The lowest BCUT2D eigenvalue weighted by molar-refractivity contribution is 0.163. The molecule has 0 aliphatic rings. The Balaban J connectivity index is 2.54. The molecule has 3 heteroatoms. The number of aromatic nitrogens is 2. The second kappa shape index (κ2) is 6.66. The molecular weight excluding hydrogens is 272 g/mol. The van der Waals surface area contributed by atoms with Crippen molar-refractivity contribution < 1.29 is 5.11 Å². The largest absolute Gasteiger partial charge is 0.393 e. The molecule has 22 heavy (non-hydrogen) atoms. The van der Waals surface area contributed by atoms with Crippen LogP contribution in [0.1, 0.15) is 47.7 Å². The van der Waals surface area contributed by atoms with E-state index in [9.17, 15) is 5.11 Å². The summed E-state index contributed by atoms with van der Waals surface area (Å²) in [6.45, 7) is 10.6. The molecule has 1 unspecified atom stereocenters. The minimum absolute atomic E-state index is 0.258. The van der Waals surface area contributed by atoms with Gasteiger partial charge in [0.25, 0.3) is 0 Å². The van der Waals surface area contributed by atoms with Crippen LogP contribution in [0.3, 0.4) is 0 Å². The lowest BCUT2D eigenvalue weighted by Crippen LogP contribution is -2.13. The minimum Gasteiger partial charge on any atom is -0.393 e. The molecule has 3 nitrogen and oxygen atoms in total. The Morgan fingerprint density at radius 2 is 1.82 bits per heavy atom. The molecular formula is C19H28N2O. The molecule has 0 bridgehead atoms. The second-order valence-corrected chi connectivity index (χ2v) is 6.43. The summed E-state index contributed by atoms with van der Waals surface area (Å²) in [5, 5.41) is 14.7. The van der Waals surface area contributed by atoms with Crippen LogP contribution in [0, 0.1) is 27.7 Å². The zero-order valence-corrected chi connectivity index (χ0v) is 14.7. The van der Waals surface area contributed by atoms with Gasteiger partial charge in [0.15, 0.2) is 0 Å². The maximum Gasteiger partial charge on any atom is 0.0687 e. The van der Waals surface area contributed by atoms with Gasteiger partial charge in [-0.2, -0.15) is 5.10 Å². The average molecular weight is 300 g/mol. The smallest absolute Gasteiger partial charge is 0.0687 e. The fourth-order valence-corrected chi connectivity index (χ4v) is 3.45. The van der Waals surface area contributed by atoms with E-state index in [1.807, 2.05) is 18.7 Å². The topological polar surface area (TPSA) is 38.1 Å². The molecule has 1 N–H and O–H groups in total. The van der Waals surface area contributed by atoms with E-state index in [0.717, 1.165) is 30.7 Å². The Kier molecular flexibility index (Phi) is 5.07. The molecule has 0 saturated carbocycles. The van der Waals surface area contributed by atoms with Crippen molar-refractivity contribution in [2.45, 2.75) is 60.0 Å². The first-order chi connectivity index (χ1) is 10.3. The van der Waals surface area contributed by atoms with Gasteiger partial charge in [0.1, 0.15) is 0 Å². The van der Waals surface area contributed by atoms with Crippen LogP contribution in [-0.2, 0) is 13.5 Å². The van der Waals surface area contributed by atoms with Gasteiger partial charge in [-0.05, 0) is 68.9 Å². The van der Waals surface area contributed by atoms with E-state index < -0.39 is 0 Å². The third-order valence-electron chi connectivity index (χ3n) is 4.45. The fraction of sp³-hybridized carbons (Fsp3) is 0.526. The van der Waals surface area contributed by atoms with Crippen molar-refractivity contribution in [2.75, 3.05) is 0 Å². The summed E-state index contributed by atoms with van der Waals surface area (Å²) < 4.78 is 1.95. The summed E-state index contributed by atoms with van der Waals surface area (Å²) in [7, 11) is 1.99. The van der Waals surface area contributed by atoms with Crippen molar-refractivity contribution in [1.29, 1.82) is 0 Å². The zero-order valence-electron chi connectivity index (χ0n) is 14.7. The molecule has 120 valence electrons. The van der Waals surface area contributed by atoms with Crippen molar-refractivity contribution in [3.05, 3.63) is 40.1 Å². The third-order valence-corrected chi connectivity index (χ3v) is 4.45. The highest BCUT2D eigenvalue weighted by molar-refractivity contribution is 5.71. The Hall–Kier alpha value is -1.61. The first kappa shape index (κ1) is 16.8. The first-order valence-electron chi connectivity index (χ1n) is 8.13. The quantitative estimate of drug-likeness (QED) is 0.905. The first-order valence-corrected chi connectivity index (χ1v) is 8.13. The molecule has 1 aromatic heterocycles. The van der Waals surface area contributed by atoms with Gasteiger partial charge in [-0.3, -0.25) is 4.68 Å². The number of aliphatic hydroxyl groups is 1. The molecule has 0 aliphatic heterocycles. The van der Waals surface area contributed by atoms with Gasteiger partial charge < -0.3 is 5.11 Å². The summed E-state index contributed by atoms with van der Waals surface area (Å²) in [4.78, 5) is 0. The molecule has 0 fully saturated rings. The van der Waals surface area contributed by atoms with E-state index in [4.69, 9.17) is 0 Å². The number of aliphatic hydroxyl groups excluding tert-OH is 1.